The van der Waals surface area contributed by atoms with E-state index in [1.165, 1.54) is 34.7 Å². The minimum absolute atomic E-state index is 0.486. The number of nitrogens with one attached hydrogen (secondary N) is 1. The number of nitrogens with zero attached hydrogens (tertiary/aromatic N) is 3. The highest BCUT2D eigenvalue weighted by Crippen LogP contribution is 2.30. The Balaban J connectivity index is 1.43. The van der Waals surface area contributed by atoms with E-state index in [9.17, 15) is 0 Å². The van der Waals surface area contributed by atoms with Crippen LogP contribution in [0.1, 0.15) is 29.5 Å². The Labute approximate surface area is 140 Å². The summed E-state index contributed by atoms with van der Waals surface area (Å²) in [4.78, 5) is 9.66. The summed E-state index contributed by atoms with van der Waals surface area (Å²) in [6.45, 7) is 3.26. The Hall–Kier alpha value is -1.98. The summed E-state index contributed by atoms with van der Waals surface area (Å²) >= 11 is 1.90. The van der Waals surface area contributed by atoms with Crippen LogP contribution in [0.3, 0.4) is 0 Å². The van der Waals surface area contributed by atoms with Crippen molar-refractivity contribution in [2.24, 2.45) is 0 Å². The lowest BCUT2D eigenvalue weighted by Crippen LogP contribution is -2.34. The van der Waals surface area contributed by atoms with Crippen LogP contribution < -0.4 is 0 Å². The summed E-state index contributed by atoms with van der Waals surface area (Å²) in [6.07, 6.45) is 4.04. The van der Waals surface area contributed by atoms with Crippen LogP contribution in [0, 0.1) is 0 Å². The maximum Gasteiger partial charge on any atom is 0.137 e. The second kappa shape index (κ2) is 6.64. The van der Waals surface area contributed by atoms with Gasteiger partial charge in [0.15, 0.2) is 0 Å². The summed E-state index contributed by atoms with van der Waals surface area (Å²) < 4.78 is 0. The Morgan fingerprint density at radius 2 is 2.09 bits per heavy atom. The maximum atomic E-state index is 4.33. The van der Waals surface area contributed by atoms with E-state index in [0.717, 1.165) is 18.9 Å². The molecule has 1 atom stereocenters. The first-order valence-electron chi connectivity index (χ1n) is 8.10. The third-order valence-corrected chi connectivity index (χ3v) is 5.54. The molecule has 23 heavy (non-hydrogen) atoms. The molecule has 1 unspecified atom stereocenters. The smallest absolute Gasteiger partial charge is 0.137 e. The highest BCUT2D eigenvalue weighted by molar-refractivity contribution is 7.15. The van der Waals surface area contributed by atoms with Crippen LogP contribution >= 0.6 is 11.3 Å². The second-order valence-corrected chi connectivity index (χ2v) is 7.25. The number of likely N-dealkylation sites (tertiary alicyclic amines) is 1. The Bertz CT molecular complexity index is 735. The molecule has 1 N–H and O–H groups in total. The number of aromatic amines is 1. The van der Waals surface area contributed by atoms with Crippen molar-refractivity contribution in [2.45, 2.75) is 25.3 Å². The summed E-state index contributed by atoms with van der Waals surface area (Å²) in [6, 6.07) is 15.1. The quantitative estimate of drug-likeness (QED) is 0.791. The zero-order valence-corrected chi connectivity index (χ0v) is 13.8. The Morgan fingerprint density at radius 1 is 1.17 bits per heavy atom. The molecule has 4 nitrogen and oxygen atoms in total. The van der Waals surface area contributed by atoms with Gasteiger partial charge in [0, 0.05) is 28.8 Å². The normalized spacial score (nSPS) is 19.0. The lowest BCUT2D eigenvalue weighted by molar-refractivity contribution is 0.198. The molecule has 5 heteroatoms. The molecule has 118 valence electrons. The van der Waals surface area contributed by atoms with Gasteiger partial charge in [-0.2, -0.15) is 5.10 Å². The number of hydrogen-bond acceptors (Lipinski definition) is 4. The lowest BCUT2D eigenvalue weighted by atomic mass is 9.97. The molecule has 0 bridgehead atoms. The largest absolute Gasteiger partial charge is 0.298 e. The minimum Gasteiger partial charge on any atom is -0.298 e. The summed E-state index contributed by atoms with van der Waals surface area (Å²) in [5.74, 6) is 1.52. The minimum atomic E-state index is 0.486. The fourth-order valence-corrected chi connectivity index (χ4v) is 4.33. The van der Waals surface area contributed by atoms with E-state index in [2.05, 4.69) is 62.5 Å². The fourth-order valence-electron chi connectivity index (χ4n) is 3.27. The highest BCUT2D eigenvalue weighted by Gasteiger charge is 2.23. The molecule has 0 radical (unpaired) electrons. The fraction of sp³-hybridized carbons (Fsp3) is 0.333. The molecule has 1 aromatic carbocycles. The average Bonchev–Trinajstić information content (AvgIpc) is 3.28. The van der Waals surface area contributed by atoms with E-state index >= 15 is 0 Å². The van der Waals surface area contributed by atoms with Crippen molar-refractivity contribution in [1.29, 1.82) is 0 Å². The van der Waals surface area contributed by atoms with Gasteiger partial charge in [0.25, 0.3) is 0 Å². The number of aromatic nitrogens is 3. The highest BCUT2D eigenvalue weighted by atomic mass is 32.1. The predicted molar refractivity (Wildman–Crippen MR) is 93.4 cm³/mol. The molecule has 1 aliphatic rings. The van der Waals surface area contributed by atoms with Crippen LogP contribution in [0.2, 0.25) is 0 Å². The van der Waals surface area contributed by atoms with Crippen molar-refractivity contribution < 1.29 is 0 Å². The van der Waals surface area contributed by atoms with Crippen LogP contribution in [0.25, 0.3) is 10.4 Å². The van der Waals surface area contributed by atoms with Gasteiger partial charge in [-0.15, -0.1) is 11.3 Å². The number of benzene rings is 1. The van der Waals surface area contributed by atoms with Crippen molar-refractivity contribution in [1.82, 2.24) is 20.1 Å². The summed E-state index contributed by atoms with van der Waals surface area (Å²) in [5.41, 5.74) is 1.31. The molecular formula is C18H20N4S. The summed E-state index contributed by atoms with van der Waals surface area (Å²) in [7, 11) is 0. The SMILES string of the molecule is c1ccc(-c2ccc(CN3CCCC(c4ncn[nH]4)C3)s2)cc1. The van der Waals surface area contributed by atoms with E-state index in [1.807, 2.05) is 11.3 Å². The van der Waals surface area contributed by atoms with Gasteiger partial charge >= 0.3 is 0 Å². The molecule has 0 saturated carbocycles. The topological polar surface area (TPSA) is 44.8 Å². The third-order valence-electron chi connectivity index (χ3n) is 4.43. The first kappa shape index (κ1) is 14.6. The van der Waals surface area contributed by atoms with Gasteiger partial charge in [0.05, 0.1) is 0 Å². The van der Waals surface area contributed by atoms with E-state index in [1.54, 1.807) is 6.33 Å². The second-order valence-electron chi connectivity index (χ2n) is 6.08. The number of rotatable bonds is 4. The van der Waals surface area contributed by atoms with Crippen molar-refractivity contribution >= 4 is 11.3 Å². The maximum absolute atomic E-state index is 4.33. The van der Waals surface area contributed by atoms with Crippen LogP contribution in [0.15, 0.2) is 48.8 Å². The van der Waals surface area contributed by atoms with Crippen LogP contribution in [-0.4, -0.2) is 33.2 Å². The Kier molecular flexibility index (Phi) is 4.22. The molecule has 2 aromatic heterocycles. The van der Waals surface area contributed by atoms with Crippen molar-refractivity contribution in [3.05, 3.63) is 59.5 Å². The zero-order chi connectivity index (χ0) is 15.5. The van der Waals surface area contributed by atoms with E-state index in [4.69, 9.17) is 0 Å². The molecular weight excluding hydrogens is 304 g/mol. The molecule has 1 fully saturated rings. The molecule has 3 heterocycles. The van der Waals surface area contributed by atoms with E-state index in [0.29, 0.717) is 5.92 Å². The van der Waals surface area contributed by atoms with E-state index in [-0.39, 0.29) is 0 Å². The average molecular weight is 324 g/mol. The summed E-state index contributed by atoms with van der Waals surface area (Å²) in [5, 5.41) is 7.02. The van der Waals surface area contributed by atoms with Crippen LogP contribution in [0.5, 0.6) is 0 Å². The number of thiophene rings is 1. The monoisotopic (exact) mass is 324 g/mol. The first-order valence-corrected chi connectivity index (χ1v) is 8.92. The number of hydrogen-bond donors (Lipinski definition) is 1. The molecule has 0 spiro atoms. The van der Waals surface area contributed by atoms with Gasteiger partial charge in [-0.25, -0.2) is 4.98 Å². The van der Waals surface area contributed by atoms with Crippen molar-refractivity contribution in [3.8, 4) is 10.4 Å². The predicted octanol–water partition coefficient (Wildman–Crippen LogP) is 3.91. The molecule has 0 aliphatic carbocycles. The van der Waals surface area contributed by atoms with Gasteiger partial charge in [-0.05, 0) is 37.1 Å². The molecule has 1 saturated heterocycles. The molecule has 1 aliphatic heterocycles. The van der Waals surface area contributed by atoms with Crippen LogP contribution in [-0.2, 0) is 6.54 Å². The van der Waals surface area contributed by atoms with Gasteiger partial charge in [-0.3, -0.25) is 10.00 Å². The van der Waals surface area contributed by atoms with Gasteiger partial charge < -0.3 is 0 Å². The number of piperidine rings is 1. The van der Waals surface area contributed by atoms with Gasteiger partial charge in [0.1, 0.15) is 12.2 Å². The number of H-pyrrole nitrogens is 1. The van der Waals surface area contributed by atoms with Gasteiger partial charge in [0.2, 0.25) is 0 Å². The Morgan fingerprint density at radius 3 is 2.91 bits per heavy atom. The zero-order valence-electron chi connectivity index (χ0n) is 13.0. The standard InChI is InChI=1S/C18H20N4S/c1-2-5-14(6-3-1)17-9-8-16(23-17)12-22-10-4-7-15(11-22)18-19-13-20-21-18/h1-3,5-6,8-9,13,15H,4,7,10-12H2,(H,19,20,21). The van der Waals surface area contributed by atoms with Crippen molar-refractivity contribution in [2.75, 3.05) is 13.1 Å². The molecule has 0 amide bonds. The van der Waals surface area contributed by atoms with E-state index < -0.39 is 0 Å². The van der Waals surface area contributed by atoms with Crippen LogP contribution in [0.4, 0.5) is 0 Å². The van der Waals surface area contributed by atoms with Gasteiger partial charge in [-0.1, -0.05) is 30.3 Å². The van der Waals surface area contributed by atoms with Crippen molar-refractivity contribution in [3.63, 3.8) is 0 Å². The lowest BCUT2D eigenvalue weighted by Gasteiger charge is -2.31. The first-order chi connectivity index (χ1) is 11.4. The molecule has 4 rings (SSSR count). The molecule has 3 aromatic rings. The third kappa shape index (κ3) is 3.35.